The van der Waals surface area contributed by atoms with E-state index in [-0.39, 0.29) is 24.4 Å². The second-order valence-electron chi connectivity index (χ2n) is 8.21. The van der Waals surface area contributed by atoms with Crippen molar-refractivity contribution in [3.05, 3.63) is 47.3 Å². The Kier molecular flexibility index (Phi) is 7.31. The van der Waals surface area contributed by atoms with Gasteiger partial charge in [0.25, 0.3) is 0 Å². The Morgan fingerprint density at radius 1 is 1.12 bits per heavy atom. The van der Waals surface area contributed by atoms with Gasteiger partial charge in [-0.05, 0) is 44.7 Å². The number of carbonyl (C=O) groups excluding carboxylic acids is 1. The number of aliphatic imine (C=N–C) groups is 1. The smallest absolute Gasteiger partial charge is 0.336 e. The number of ether oxygens (including phenoxy) is 1. The van der Waals surface area contributed by atoms with E-state index in [0.29, 0.717) is 35.9 Å². The van der Waals surface area contributed by atoms with E-state index in [9.17, 15) is 9.18 Å². The number of benzene rings is 1. The topological polar surface area (TPSA) is 108 Å². The maximum atomic E-state index is 13.3. The zero-order valence-electron chi connectivity index (χ0n) is 19.6. The lowest BCUT2D eigenvalue weighted by atomic mass is 10.1. The third kappa shape index (κ3) is 5.84. The summed E-state index contributed by atoms with van der Waals surface area (Å²) in [6, 6.07) is 6.15. The van der Waals surface area contributed by atoms with Gasteiger partial charge in [0, 0.05) is 26.2 Å². The maximum absolute atomic E-state index is 13.3. The molecule has 2 aromatic rings. The van der Waals surface area contributed by atoms with Crippen LogP contribution in [0.25, 0.3) is 0 Å². The second-order valence-corrected chi connectivity index (χ2v) is 8.21. The average molecular weight is 469 g/mol. The van der Waals surface area contributed by atoms with Crippen molar-refractivity contribution in [2.24, 2.45) is 4.99 Å². The molecule has 0 bridgehead atoms. The van der Waals surface area contributed by atoms with E-state index >= 15 is 0 Å². The number of rotatable bonds is 7. The van der Waals surface area contributed by atoms with E-state index in [1.54, 1.807) is 25.1 Å². The molecule has 1 saturated heterocycles. The van der Waals surface area contributed by atoms with Crippen LogP contribution in [-0.4, -0.2) is 78.0 Å². The first-order chi connectivity index (χ1) is 16.4. The highest BCUT2D eigenvalue weighted by Crippen LogP contribution is 2.21. The first kappa shape index (κ1) is 23.6. The Morgan fingerprint density at radius 2 is 1.82 bits per heavy atom. The molecule has 0 saturated carbocycles. The van der Waals surface area contributed by atoms with Crippen molar-refractivity contribution < 1.29 is 13.9 Å². The highest BCUT2D eigenvalue weighted by molar-refractivity contribution is 6.10. The highest BCUT2D eigenvalue weighted by Gasteiger charge is 2.21. The Bertz CT molecular complexity index is 1080. The summed E-state index contributed by atoms with van der Waals surface area (Å²) in [6.07, 6.45) is 1.64. The van der Waals surface area contributed by atoms with Crippen LogP contribution >= 0.6 is 0 Å². The van der Waals surface area contributed by atoms with E-state index < -0.39 is 0 Å². The van der Waals surface area contributed by atoms with Gasteiger partial charge in [0.1, 0.15) is 11.7 Å². The number of carbonyl (C=O) groups is 1. The first-order valence-corrected chi connectivity index (χ1v) is 11.3. The molecule has 1 fully saturated rings. The van der Waals surface area contributed by atoms with Crippen molar-refractivity contribution in [2.45, 2.75) is 19.9 Å². The molecular weight excluding hydrogens is 439 g/mol. The lowest BCUT2D eigenvalue weighted by molar-refractivity contribution is -0.138. The molecule has 11 heteroatoms. The van der Waals surface area contributed by atoms with Crippen molar-refractivity contribution in [1.82, 2.24) is 19.9 Å². The van der Waals surface area contributed by atoms with Crippen molar-refractivity contribution in [2.75, 3.05) is 61.9 Å². The van der Waals surface area contributed by atoms with Crippen molar-refractivity contribution >= 4 is 29.6 Å². The fourth-order valence-corrected chi connectivity index (χ4v) is 3.63. The summed E-state index contributed by atoms with van der Waals surface area (Å²) < 4.78 is 18.4. The minimum Gasteiger partial charge on any atom is -0.463 e. The number of hydrogen-bond acceptors (Lipinski definition) is 10. The monoisotopic (exact) mass is 468 g/mol. The van der Waals surface area contributed by atoms with Crippen molar-refractivity contribution in [3.8, 4) is 0 Å². The number of aromatic nitrogens is 3. The van der Waals surface area contributed by atoms with E-state index in [2.05, 4.69) is 47.4 Å². The van der Waals surface area contributed by atoms with Gasteiger partial charge in [-0.3, -0.25) is 4.99 Å². The van der Waals surface area contributed by atoms with Crippen LogP contribution in [0, 0.1) is 5.82 Å². The molecule has 2 aliphatic rings. The number of nitrogens with zero attached hydrogens (tertiary/aromatic N) is 6. The number of amidine groups is 1. The van der Waals surface area contributed by atoms with E-state index in [1.807, 2.05) is 6.92 Å². The average Bonchev–Trinajstić information content (AvgIpc) is 3.28. The molecule has 4 rings (SSSR count). The van der Waals surface area contributed by atoms with Crippen LogP contribution in [0.15, 0.2) is 40.9 Å². The van der Waals surface area contributed by atoms with Gasteiger partial charge in [0.05, 0.1) is 24.8 Å². The second kappa shape index (κ2) is 10.6. The molecule has 180 valence electrons. The summed E-state index contributed by atoms with van der Waals surface area (Å²) in [5.41, 5.74) is 1.38. The lowest BCUT2D eigenvalue weighted by Gasteiger charge is -2.32. The molecule has 1 aromatic carbocycles. The van der Waals surface area contributed by atoms with Gasteiger partial charge in [-0.2, -0.15) is 15.0 Å². The molecule has 1 atom stereocenters. The Hall–Kier alpha value is -3.60. The molecule has 2 N–H and O–H groups in total. The number of likely N-dealkylation sites (N-methyl/N-ethyl adjacent to an activating group) is 1. The summed E-state index contributed by atoms with van der Waals surface area (Å²) in [5, 5.41) is 6.38. The molecule has 34 heavy (non-hydrogen) atoms. The van der Waals surface area contributed by atoms with Crippen LogP contribution in [0.4, 0.5) is 22.2 Å². The molecule has 10 nitrogen and oxygen atoms in total. The van der Waals surface area contributed by atoms with Crippen LogP contribution < -0.4 is 15.5 Å². The van der Waals surface area contributed by atoms with Crippen LogP contribution in [-0.2, 0) is 9.53 Å². The normalized spacial score (nSPS) is 17.1. The third-order valence-electron chi connectivity index (χ3n) is 5.63. The van der Waals surface area contributed by atoms with Gasteiger partial charge >= 0.3 is 5.97 Å². The first-order valence-electron chi connectivity index (χ1n) is 11.3. The molecule has 0 aliphatic carbocycles. The zero-order valence-corrected chi connectivity index (χ0v) is 19.6. The SMILES string of the molecule is CCOC(=O)C1=CC(Nc2nc(NC(C)c3ccc(F)cc3)nc(N3CCN(C)CC3)n2)=NC1. The fourth-order valence-electron chi connectivity index (χ4n) is 3.63. The maximum Gasteiger partial charge on any atom is 0.336 e. The molecule has 1 unspecified atom stereocenters. The summed E-state index contributed by atoms with van der Waals surface area (Å²) in [5.74, 6) is 1.07. The lowest BCUT2D eigenvalue weighted by Crippen LogP contribution is -2.45. The molecule has 0 radical (unpaired) electrons. The van der Waals surface area contributed by atoms with Gasteiger partial charge in [-0.25, -0.2) is 9.18 Å². The summed E-state index contributed by atoms with van der Waals surface area (Å²) >= 11 is 0. The van der Waals surface area contributed by atoms with Gasteiger partial charge in [0.2, 0.25) is 17.8 Å². The minimum atomic E-state index is -0.382. The van der Waals surface area contributed by atoms with Gasteiger partial charge in [-0.15, -0.1) is 0 Å². The number of hydrogen-bond donors (Lipinski definition) is 2. The number of anilines is 3. The Morgan fingerprint density at radius 3 is 2.53 bits per heavy atom. The molecule has 3 heterocycles. The number of nitrogens with one attached hydrogen (secondary N) is 2. The Balaban J connectivity index is 1.56. The van der Waals surface area contributed by atoms with Gasteiger partial charge < -0.3 is 25.2 Å². The summed E-state index contributed by atoms with van der Waals surface area (Å²) in [6.45, 7) is 7.66. The quantitative estimate of drug-likeness (QED) is 0.592. The van der Waals surface area contributed by atoms with Gasteiger partial charge in [-0.1, -0.05) is 12.1 Å². The number of esters is 1. The van der Waals surface area contributed by atoms with Crippen molar-refractivity contribution in [3.63, 3.8) is 0 Å². The van der Waals surface area contributed by atoms with Crippen LogP contribution in [0.3, 0.4) is 0 Å². The molecule has 0 spiro atoms. The van der Waals surface area contributed by atoms with E-state index in [0.717, 1.165) is 31.7 Å². The largest absolute Gasteiger partial charge is 0.463 e. The van der Waals surface area contributed by atoms with Crippen LogP contribution in [0.2, 0.25) is 0 Å². The molecule has 1 aromatic heterocycles. The minimum absolute atomic E-state index is 0.157. The summed E-state index contributed by atoms with van der Waals surface area (Å²) in [7, 11) is 2.08. The van der Waals surface area contributed by atoms with Crippen LogP contribution in [0.5, 0.6) is 0 Å². The zero-order chi connectivity index (χ0) is 24.1. The third-order valence-corrected chi connectivity index (χ3v) is 5.63. The number of halogens is 1. The molecule has 2 aliphatic heterocycles. The van der Waals surface area contributed by atoms with Gasteiger partial charge in [0.15, 0.2) is 0 Å². The molecule has 0 amide bonds. The standard InChI is InChI=1S/C23H29FN8O2/c1-4-34-20(33)17-13-19(25-14-17)27-22-28-21(26-15(2)16-5-7-18(24)8-6-16)29-23(30-22)32-11-9-31(3)10-12-32/h5-8,13,15H,4,9-12,14H2,1-3H3,(H2,25,26,27,28,29,30). The van der Waals surface area contributed by atoms with Crippen molar-refractivity contribution in [1.29, 1.82) is 0 Å². The van der Waals surface area contributed by atoms with E-state index in [1.165, 1.54) is 12.1 Å². The predicted molar refractivity (Wildman–Crippen MR) is 129 cm³/mol. The number of piperazine rings is 1. The van der Waals surface area contributed by atoms with E-state index in [4.69, 9.17) is 4.74 Å². The highest BCUT2D eigenvalue weighted by atomic mass is 19.1. The fraction of sp³-hybridized carbons (Fsp3) is 0.435. The van der Waals surface area contributed by atoms with Crippen LogP contribution in [0.1, 0.15) is 25.5 Å². The molecular formula is C23H29FN8O2. The summed E-state index contributed by atoms with van der Waals surface area (Å²) in [4.78, 5) is 34.4. The Labute approximate surface area is 198 Å². The predicted octanol–water partition coefficient (Wildman–Crippen LogP) is 2.25.